The first-order valence-corrected chi connectivity index (χ1v) is 8.14. The molecule has 0 atom stereocenters. The van der Waals surface area contributed by atoms with Gasteiger partial charge in [-0.05, 0) is 5.56 Å². The summed E-state index contributed by atoms with van der Waals surface area (Å²) in [7, 11) is 0. The van der Waals surface area contributed by atoms with Gasteiger partial charge in [0.2, 0.25) is 0 Å². The largest absolute Gasteiger partial charge is 2.00 e. The second-order valence-electron chi connectivity index (χ2n) is 5.76. The maximum absolute atomic E-state index is 3.34. The van der Waals surface area contributed by atoms with Gasteiger partial charge in [0, 0.05) is 0 Å². The molecule has 0 fully saturated rings. The molecule has 26 heavy (non-hydrogen) atoms. The minimum Gasteiger partial charge on any atom is -0.358 e. The van der Waals surface area contributed by atoms with Crippen LogP contribution in [0.25, 0.3) is 33.4 Å². The molecule has 0 saturated carbocycles. The molecular formula is C25H20W. The van der Waals surface area contributed by atoms with Crippen molar-refractivity contribution in [3.05, 3.63) is 117 Å². The SMILES string of the molecule is [CH3-].[W+2].[c-]1cc(-c2ccccc2)c(-c2ccccc2)c(-c2ccccc2)c1. The molecule has 0 bridgehead atoms. The summed E-state index contributed by atoms with van der Waals surface area (Å²) in [5.41, 5.74) is 7.33. The van der Waals surface area contributed by atoms with Gasteiger partial charge in [-0.25, -0.2) is 0 Å². The van der Waals surface area contributed by atoms with E-state index < -0.39 is 0 Å². The van der Waals surface area contributed by atoms with Crippen molar-refractivity contribution in [2.45, 2.75) is 0 Å². The molecule has 0 saturated heterocycles. The Morgan fingerprint density at radius 3 is 1.19 bits per heavy atom. The maximum atomic E-state index is 3.34. The van der Waals surface area contributed by atoms with Crippen LogP contribution in [0.3, 0.4) is 0 Å². The number of hydrogen-bond acceptors (Lipinski definition) is 0. The fraction of sp³-hybridized carbons (Fsp3) is 0. The Morgan fingerprint density at radius 2 is 0.808 bits per heavy atom. The van der Waals surface area contributed by atoms with Gasteiger partial charge in [0.05, 0.1) is 0 Å². The molecule has 0 heterocycles. The molecule has 0 radical (unpaired) electrons. The third-order valence-corrected chi connectivity index (χ3v) is 4.23. The van der Waals surface area contributed by atoms with E-state index in [0.29, 0.717) is 0 Å². The van der Waals surface area contributed by atoms with Gasteiger partial charge < -0.3 is 7.43 Å². The molecule has 4 aromatic rings. The van der Waals surface area contributed by atoms with Crippen LogP contribution < -0.4 is 0 Å². The minimum absolute atomic E-state index is 0. The van der Waals surface area contributed by atoms with Gasteiger partial charge in [-0.1, -0.05) is 102 Å². The first-order valence-electron chi connectivity index (χ1n) is 8.14. The third kappa shape index (κ3) is 4.03. The average Bonchev–Trinajstić information content (AvgIpc) is 2.69. The standard InChI is InChI=1S/C24H17.CH3.W/c1-4-11-19(12-5-1)22-17-10-18-23(20-13-6-2-7-14-20)24(22)21-15-8-3-9-16-21;;/h1-9,11-18H;1H3;/q2*-1;+2. The van der Waals surface area contributed by atoms with Crippen molar-refractivity contribution < 1.29 is 21.1 Å². The predicted molar refractivity (Wildman–Crippen MR) is 108 cm³/mol. The first kappa shape index (κ1) is 19.9. The molecule has 0 nitrogen and oxygen atoms in total. The molecule has 0 aliphatic heterocycles. The minimum atomic E-state index is 0. The Labute approximate surface area is 170 Å². The van der Waals surface area contributed by atoms with Crippen LogP contribution in [0.1, 0.15) is 0 Å². The Morgan fingerprint density at radius 1 is 0.462 bits per heavy atom. The van der Waals surface area contributed by atoms with Gasteiger partial charge in [-0.3, -0.25) is 0 Å². The van der Waals surface area contributed by atoms with Gasteiger partial charge >= 0.3 is 21.1 Å². The summed E-state index contributed by atoms with van der Waals surface area (Å²) in [5, 5.41) is 0. The van der Waals surface area contributed by atoms with Crippen molar-refractivity contribution in [1.82, 2.24) is 0 Å². The smallest absolute Gasteiger partial charge is 0.358 e. The quantitative estimate of drug-likeness (QED) is 0.266. The zero-order chi connectivity index (χ0) is 16.2. The van der Waals surface area contributed by atoms with E-state index in [1.807, 2.05) is 0 Å². The Hall–Kier alpha value is -2.43. The van der Waals surface area contributed by atoms with Gasteiger partial charge in [-0.15, -0.1) is 16.7 Å². The topological polar surface area (TPSA) is 0 Å². The molecule has 0 spiro atoms. The summed E-state index contributed by atoms with van der Waals surface area (Å²) in [6.07, 6.45) is 0. The molecular weight excluding hydrogens is 484 g/mol. The molecule has 0 aliphatic carbocycles. The molecule has 0 amide bonds. The third-order valence-electron chi connectivity index (χ3n) is 4.23. The second-order valence-corrected chi connectivity index (χ2v) is 5.76. The molecule has 4 rings (SSSR count). The van der Waals surface area contributed by atoms with Crippen LogP contribution >= 0.6 is 0 Å². The van der Waals surface area contributed by atoms with Crippen molar-refractivity contribution in [2.24, 2.45) is 0 Å². The molecule has 1 heteroatoms. The van der Waals surface area contributed by atoms with Crippen molar-refractivity contribution in [2.75, 3.05) is 0 Å². The Kier molecular flexibility index (Phi) is 7.13. The molecule has 126 valence electrons. The molecule has 0 N–H and O–H groups in total. The van der Waals surface area contributed by atoms with Crippen LogP contribution in [0.2, 0.25) is 0 Å². The van der Waals surface area contributed by atoms with Crippen molar-refractivity contribution in [1.29, 1.82) is 0 Å². The van der Waals surface area contributed by atoms with Gasteiger partial charge in [-0.2, -0.15) is 18.2 Å². The van der Waals surface area contributed by atoms with Crippen LogP contribution in [-0.4, -0.2) is 0 Å². The van der Waals surface area contributed by atoms with E-state index in [0.717, 1.165) is 0 Å². The van der Waals surface area contributed by atoms with E-state index in [2.05, 4.69) is 109 Å². The zero-order valence-electron chi connectivity index (χ0n) is 14.7. The number of benzene rings is 4. The van der Waals surface area contributed by atoms with Gasteiger partial charge in [0.15, 0.2) is 0 Å². The van der Waals surface area contributed by atoms with Gasteiger partial charge in [0.1, 0.15) is 0 Å². The predicted octanol–water partition coefficient (Wildman–Crippen LogP) is 6.94. The summed E-state index contributed by atoms with van der Waals surface area (Å²) in [6, 6.07) is 39.2. The van der Waals surface area contributed by atoms with E-state index in [9.17, 15) is 0 Å². The van der Waals surface area contributed by atoms with Crippen LogP contribution in [0.5, 0.6) is 0 Å². The Bertz CT molecular complexity index is 872. The fourth-order valence-electron chi connectivity index (χ4n) is 3.10. The summed E-state index contributed by atoms with van der Waals surface area (Å²) in [6.45, 7) is 0. The van der Waals surface area contributed by atoms with E-state index >= 15 is 0 Å². The maximum Gasteiger partial charge on any atom is 2.00 e. The summed E-state index contributed by atoms with van der Waals surface area (Å²) >= 11 is 0. The van der Waals surface area contributed by atoms with Crippen LogP contribution in [0.4, 0.5) is 0 Å². The summed E-state index contributed by atoms with van der Waals surface area (Å²) in [4.78, 5) is 0. The second kappa shape index (κ2) is 9.32. The van der Waals surface area contributed by atoms with Crippen LogP contribution in [0.15, 0.2) is 103 Å². The van der Waals surface area contributed by atoms with Crippen molar-refractivity contribution in [3.8, 4) is 33.4 Å². The summed E-state index contributed by atoms with van der Waals surface area (Å²) in [5.74, 6) is 0. The molecule has 4 aromatic carbocycles. The van der Waals surface area contributed by atoms with Crippen LogP contribution in [-0.2, 0) is 21.1 Å². The normalized spacial score (nSPS) is 9.69. The van der Waals surface area contributed by atoms with E-state index in [-0.39, 0.29) is 28.5 Å². The number of rotatable bonds is 3. The average molecular weight is 504 g/mol. The summed E-state index contributed by atoms with van der Waals surface area (Å²) < 4.78 is 0. The monoisotopic (exact) mass is 504 g/mol. The van der Waals surface area contributed by atoms with E-state index in [1.54, 1.807) is 0 Å². The zero-order valence-corrected chi connectivity index (χ0v) is 17.7. The molecule has 0 aromatic heterocycles. The Balaban J connectivity index is 0.00000121. The van der Waals surface area contributed by atoms with E-state index in [4.69, 9.17) is 0 Å². The molecule has 0 aliphatic rings. The van der Waals surface area contributed by atoms with Crippen molar-refractivity contribution in [3.63, 3.8) is 0 Å². The number of hydrogen-bond donors (Lipinski definition) is 0. The van der Waals surface area contributed by atoms with Crippen molar-refractivity contribution >= 4 is 0 Å². The fourth-order valence-corrected chi connectivity index (χ4v) is 3.10. The van der Waals surface area contributed by atoms with Crippen LogP contribution in [0, 0.1) is 13.5 Å². The first-order chi connectivity index (χ1) is 11.9. The van der Waals surface area contributed by atoms with E-state index in [1.165, 1.54) is 33.4 Å². The van der Waals surface area contributed by atoms with Gasteiger partial charge in [0.25, 0.3) is 0 Å². The molecule has 0 unspecified atom stereocenters.